The Bertz CT molecular complexity index is 1000. The van der Waals surface area contributed by atoms with Crippen molar-refractivity contribution >= 4 is 50.7 Å². The first-order valence-electron chi connectivity index (χ1n) is 7.32. The van der Waals surface area contributed by atoms with E-state index in [1.54, 1.807) is 23.1 Å². The van der Waals surface area contributed by atoms with Crippen LogP contribution in [-0.4, -0.2) is 36.1 Å². The molecule has 3 aromatic heterocycles. The molecule has 0 saturated carbocycles. The van der Waals surface area contributed by atoms with Crippen molar-refractivity contribution in [1.29, 1.82) is 0 Å². The molecular weight excluding hydrogens is 444 g/mol. The molecular formula is C15H13BrN4O4S2. The normalized spacial score (nSPS) is 12.3. The Hall–Kier alpha value is -2.08. The van der Waals surface area contributed by atoms with Gasteiger partial charge in [0.1, 0.15) is 4.92 Å². The van der Waals surface area contributed by atoms with Crippen LogP contribution in [0.2, 0.25) is 0 Å². The second-order valence-electron chi connectivity index (χ2n) is 4.87. The third-order valence-electron chi connectivity index (χ3n) is 3.15. The molecule has 0 spiro atoms. The van der Waals surface area contributed by atoms with Gasteiger partial charge in [-0.2, -0.15) is 5.10 Å². The van der Waals surface area contributed by atoms with Gasteiger partial charge < -0.3 is 9.15 Å². The Morgan fingerprint density at radius 1 is 1.42 bits per heavy atom. The van der Waals surface area contributed by atoms with Gasteiger partial charge in [-0.1, -0.05) is 0 Å². The lowest BCUT2D eigenvalue weighted by atomic mass is 10.4. The highest BCUT2D eigenvalue weighted by Crippen LogP contribution is 2.31. The van der Waals surface area contributed by atoms with Crippen molar-refractivity contribution in [3.63, 3.8) is 0 Å². The van der Waals surface area contributed by atoms with Crippen molar-refractivity contribution in [2.75, 3.05) is 20.3 Å². The first-order valence-corrected chi connectivity index (χ1v) is 9.81. The molecule has 26 heavy (non-hydrogen) atoms. The zero-order chi connectivity index (χ0) is 18.5. The van der Waals surface area contributed by atoms with Crippen LogP contribution in [0.5, 0.6) is 0 Å². The molecule has 0 aliphatic heterocycles. The Morgan fingerprint density at radius 3 is 2.92 bits per heavy atom. The minimum Gasteiger partial charge on any atom is -0.400 e. The van der Waals surface area contributed by atoms with Crippen LogP contribution in [0.3, 0.4) is 0 Å². The smallest absolute Gasteiger partial charge is 0.400 e. The quantitative estimate of drug-likeness (QED) is 0.232. The number of rotatable bonds is 7. The lowest BCUT2D eigenvalue weighted by Gasteiger charge is -2.00. The lowest BCUT2D eigenvalue weighted by Crippen LogP contribution is -2.13. The summed E-state index contributed by atoms with van der Waals surface area (Å²) in [6, 6.07) is 6.74. The SMILES string of the molecule is COCCN=c1scc(-c2ccc(Br)s2)n1/N=C\c1ccc([N+](=O)[O-])o1. The van der Waals surface area contributed by atoms with E-state index in [9.17, 15) is 10.1 Å². The van der Waals surface area contributed by atoms with Crippen LogP contribution < -0.4 is 4.80 Å². The average molecular weight is 457 g/mol. The highest BCUT2D eigenvalue weighted by Gasteiger charge is 2.12. The van der Waals surface area contributed by atoms with E-state index >= 15 is 0 Å². The number of ether oxygens (including phenoxy) is 1. The summed E-state index contributed by atoms with van der Waals surface area (Å²) in [5.41, 5.74) is 0.874. The van der Waals surface area contributed by atoms with Gasteiger partial charge in [-0.05, 0) is 34.1 Å². The monoisotopic (exact) mass is 456 g/mol. The minimum absolute atomic E-state index is 0.288. The van der Waals surface area contributed by atoms with Crippen LogP contribution in [0.1, 0.15) is 5.76 Å². The molecule has 0 aromatic carbocycles. The molecule has 11 heteroatoms. The highest BCUT2D eigenvalue weighted by atomic mass is 79.9. The van der Waals surface area contributed by atoms with Gasteiger partial charge in [0, 0.05) is 12.5 Å². The fourth-order valence-electron chi connectivity index (χ4n) is 2.00. The van der Waals surface area contributed by atoms with E-state index in [1.807, 2.05) is 17.5 Å². The molecule has 0 saturated heterocycles. The number of nitrogens with zero attached hydrogens (tertiary/aromatic N) is 4. The molecule has 0 N–H and O–H groups in total. The van der Waals surface area contributed by atoms with E-state index in [0.29, 0.717) is 18.0 Å². The van der Waals surface area contributed by atoms with Crippen LogP contribution in [0.4, 0.5) is 5.88 Å². The van der Waals surface area contributed by atoms with Crippen LogP contribution in [0.25, 0.3) is 10.6 Å². The van der Waals surface area contributed by atoms with E-state index in [1.165, 1.54) is 29.7 Å². The molecule has 0 amide bonds. The van der Waals surface area contributed by atoms with Crippen LogP contribution >= 0.6 is 38.6 Å². The molecule has 0 fully saturated rings. The highest BCUT2D eigenvalue weighted by molar-refractivity contribution is 9.11. The van der Waals surface area contributed by atoms with Crippen molar-refractivity contribution in [1.82, 2.24) is 4.68 Å². The number of aromatic nitrogens is 1. The Labute approximate surface area is 164 Å². The second kappa shape index (κ2) is 8.54. The summed E-state index contributed by atoms with van der Waals surface area (Å²) in [4.78, 5) is 16.3. The number of thiophene rings is 1. The molecule has 0 atom stereocenters. The summed E-state index contributed by atoms with van der Waals surface area (Å²) >= 11 is 6.49. The summed E-state index contributed by atoms with van der Waals surface area (Å²) in [7, 11) is 1.62. The summed E-state index contributed by atoms with van der Waals surface area (Å²) in [5.74, 6) is -0.0364. The maximum atomic E-state index is 10.7. The third-order valence-corrected chi connectivity index (χ3v) is 5.65. The topological polar surface area (TPSA) is 95.2 Å². The first-order chi connectivity index (χ1) is 12.6. The van der Waals surface area contributed by atoms with Gasteiger partial charge in [0.15, 0.2) is 5.76 Å². The Morgan fingerprint density at radius 2 is 2.27 bits per heavy atom. The van der Waals surface area contributed by atoms with Crippen molar-refractivity contribution in [3.8, 4) is 10.6 Å². The first kappa shape index (κ1) is 18.7. The maximum absolute atomic E-state index is 10.7. The number of methoxy groups -OCH3 is 1. The summed E-state index contributed by atoms with van der Waals surface area (Å²) in [6.07, 6.45) is 1.43. The minimum atomic E-state index is -0.588. The third kappa shape index (κ3) is 4.36. The van der Waals surface area contributed by atoms with Crippen molar-refractivity contribution in [2.45, 2.75) is 0 Å². The molecule has 136 valence electrons. The standard InChI is InChI=1S/C15H13BrN4O4S2/c1-23-7-6-17-15-19(11(9-25-15)12-3-4-13(16)26-12)18-8-10-2-5-14(24-10)20(21)22/h2-5,8-9H,6-7H2,1H3/b17-15?,18-8-. The molecule has 0 radical (unpaired) electrons. The van der Waals surface area contributed by atoms with Crippen molar-refractivity contribution < 1.29 is 14.1 Å². The van der Waals surface area contributed by atoms with Gasteiger partial charge in [-0.15, -0.1) is 22.7 Å². The second-order valence-corrected chi connectivity index (χ2v) is 8.17. The molecule has 3 heterocycles. The van der Waals surface area contributed by atoms with Crippen molar-refractivity contribution in [3.05, 3.63) is 54.1 Å². The molecule has 0 bridgehead atoms. The van der Waals surface area contributed by atoms with Gasteiger partial charge in [-0.3, -0.25) is 15.1 Å². The largest absolute Gasteiger partial charge is 0.433 e. The van der Waals surface area contributed by atoms with Crippen LogP contribution in [-0.2, 0) is 4.74 Å². The van der Waals surface area contributed by atoms with Gasteiger partial charge in [0.25, 0.3) is 0 Å². The van der Waals surface area contributed by atoms with Crippen molar-refractivity contribution in [2.24, 2.45) is 10.1 Å². The van der Waals surface area contributed by atoms with E-state index in [-0.39, 0.29) is 11.6 Å². The van der Waals surface area contributed by atoms with E-state index in [2.05, 4.69) is 26.0 Å². The number of nitro groups is 1. The van der Waals surface area contributed by atoms with Gasteiger partial charge in [0.2, 0.25) is 4.80 Å². The van der Waals surface area contributed by atoms with E-state index in [4.69, 9.17) is 9.15 Å². The fourth-order valence-corrected chi connectivity index (χ4v) is 4.32. The fraction of sp³-hybridized carbons (Fsp3) is 0.200. The summed E-state index contributed by atoms with van der Waals surface area (Å²) in [6.45, 7) is 1.01. The molecule has 3 aromatic rings. The predicted molar refractivity (Wildman–Crippen MR) is 104 cm³/mol. The Kier molecular flexibility index (Phi) is 6.14. The molecule has 3 rings (SSSR count). The summed E-state index contributed by atoms with van der Waals surface area (Å²) < 4.78 is 12.8. The summed E-state index contributed by atoms with van der Waals surface area (Å²) in [5, 5.41) is 17.1. The van der Waals surface area contributed by atoms with Gasteiger partial charge >= 0.3 is 5.88 Å². The van der Waals surface area contributed by atoms with E-state index < -0.39 is 4.92 Å². The maximum Gasteiger partial charge on any atom is 0.433 e. The van der Waals surface area contributed by atoms with Gasteiger partial charge in [0.05, 0.1) is 39.8 Å². The number of hydrogen-bond donors (Lipinski definition) is 0. The zero-order valence-electron chi connectivity index (χ0n) is 13.5. The molecule has 8 nitrogen and oxygen atoms in total. The number of furan rings is 1. The number of hydrogen-bond acceptors (Lipinski definition) is 8. The number of halogens is 1. The number of thiazole rings is 1. The predicted octanol–water partition coefficient (Wildman–Crippen LogP) is 3.97. The zero-order valence-corrected chi connectivity index (χ0v) is 16.7. The molecule has 0 aliphatic carbocycles. The van der Waals surface area contributed by atoms with Gasteiger partial charge in [-0.25, -0.2) is 4.68 Å². The molecule has 0 unspecified atom stereocenters. The Balaban J connectivity index is 1.98. The van der Waals surface area contributed by atoms with E-state index in [0.717, 1.165) is 14.4 Å². The molecule has 0 aliphatic rings. The van der Waals surface area contributed by atoms with Crippen LogP contribution in [0.15, 0.2) is 47.9 Å². The average Bonchev–Trinajstić information content (AvgIpc) is 3.32. The van der Waals surface area contributed by atoms with Crippen LogP contribution in [0, 0.1) is 10.1 Å². The lowest BCUT2D eigenvalue weighted by molar-refractivity contribution is -0.402.